The fourth-order valence-corrected chi connectivity index (χ4v) is 2.32. The van der Waals surface area contributed by atoms with Crippen molar-refractivity contribution in [3.8, 4) is 17.2 Å². The van der Waals surface area contributed by atoms with Crippen molar-refractivity contribution in [3.05, 3.63) is 30.7 Å². The highest BCUT2D eigenvalue weighted by molar-refractivity contribution is 5.53. The summed E-state index contributed by atoms with van der Waals surface area (Å²) in [5.41, 5.74) is 0.832. The Morgan fingerprint density at radius 1 is 1.23 bits per heavy atom. The summed E-state index contributed by atoms with van der Waals surface area (Å²) in [4.78, 5) is 2.18. The van der Waals surface area contributed by atoms with E-state index in [1.807, 2.05) is 24.3 Å². The van der Waals surface area contributed by atoms with Gasteiger partial charge >= 0.3 is 0 Å². The minimum atomic E-state index is -0.520. The van der Waals surface area contributed by atoms with E-state index in [-0.39, 0.29) is 6.61 Å². The summed E-state index contributed by atoms with van der Waals surface area (Å²) < 4.78 is 16.0. The molecule has 0 bridgehead atoms. The highest BCUT2D eigenvalue weighted by Crippen LogP contribution is 2.20. The maximum Gasteiger partial charge on any atom is 0.247 e. The van der Waals surface area contributed by atoms with Crippen molar-refractivity contribution in [2.75, 3.05) is 39.5 Å². The molecule has 118 valence electrons. The molecule has 7 nitrogen and oxygen atoms in total. The second kappa shape index (κ2) is 7.35. The largest absolute Gasteiger partial charge is 0.491 e. The van der Waals surface area contributed by atoms with E-state index in [1.54, 1.807) is 0 Å². The van der Waals surface area contributed by atoms with Gasteiger partial charge in [-0.3, -0.25) is 4.90 Å². The number of aliphatic hydroxyl groups is 1. The lowest BCUT2D eigenvalue weighted by Gasteiger charge is -2.28. The van der Waals surface area contributed by atoms with Gasteiger partial charge in [-0.05, 0) is 24.3 Å². The van der Waals surface area contributed by atoms with Crippen LogP contribution in [0.1, 0.15) is 0 Å². The highest BCUT2D eigenvalue weighted by atomic mass is 16.5. The first-order chi connectivity index (χ1) is 10.8. The van der Waals surface area contributed by atoms with Gasteiger partial charge in [-0.15, -0.1) is 10.2 Å². The molecule has 1 aromatic carbocycles. The van der Waals surface area contributed by atoms with Crippen LogP contribution in [-0.4, -0.2) is 65.8 Å². The third-order valence-electron chi connectivity index (χ3n) is 3.48. The lowest BCUT2D eigenvalue weighted by atomic mass is 10.2. The van der Waals surface area contributed by atoms with Gasteiger partial charge in [0.05, 0.1) is 13.2 Å². The second-order valence-corrected chi connectivity index (χ2v) is 5.15. The van der Waals surface area contributed by atoms with Crippen LogP contribution >= 0.6 is 0 Å². The summed E-state index contributed by atoms with van der Waals surface area (Å²) in [6, 6.07) is 7.33. The van der Waals surface area contributed by atoms with Crippen LogP contribution < -0.4 is 4.74 Å². The van der Waals surface area contributed by atoms with Crippen LogP contribution in [0.5, 0.6) is 5.75 Å². The third kappa shape index (κ3) is 4.03. The summed E-state index contributed by atoms with van der Waals surface area (Å²) in [5.74, 6) is 1.17. The van der Waals surface area contributed by atoms with Crippen LogP contribution in [0.25, 0.3) is 11.5 Å². The number of morpholine rings is 1. The molecule has 0 unspecified atom stereocenters. The fraction of sp³-hybridized carbons (Fsp3) is 0.467. The standard InChI is InChI=1S/C15H19N3O4/c19-13(9-18-5-7-20-8-6-18)10-21-14-3-1-12(2-4-14)15-17-16-11-22-15/h1-4,11,13,19H,5-10H2/t13-/m1/s1. The lowest BCUT2D eigenvalue weighted by molar-refractivity contribution is 0.00465. The van der Waals surface area contributed by atoms with E-state index in [0.29, 0.717) is 18.2 Å². The molecule has 1 atom stereocenters. The summed E-state index contributed by atoms with van der Waals surface area (Å²) in [6.07, 6.45) is 0.774. The average molecular weight is 305 g/mol. The number of hydrogen-bond donors (Lipinski definition) is 1. The van der Waals surface area contributed by atoms with Crippen LogP contribution in [0.2, 0.25) is 0 Å². The van der Waals surface area contributed by atoms with Crippen molar-refractivity contribution in [2.45, 2.75) is 6.10 Å². The molecule has 1 fully saturated rings. The Bertz CT molecular complexity index is 553. The van der Waals surface area contributed by atoms with E-state index in [4.69, 9.17) is 13.9 Å². The second-order valence-electron chi connectivity index (χ2n) is 5.15. The van der Waals surface area contributed by atoms with Gasteiger partial charge in [-0.25, -0.2) is 0 Å². The van der Waals surface area contributed by atoms with Gasteiger partial charge in [0.15, 0.2) is 0 Å². The molecule has 2 heterocycles. The molecule has 1 saturated heterocycles. The van der Waals surface area contributed by atoms with E-state index in [9.17, 15) is 5.11 Å². The summed E-state index contributed by atoms with van der Waals surface area (Å²) in [6.45, 7) is 4.03. The van der Waals surface area contributed by atoms with Crippen molar-refractivity contribution >= 4 is 0 Å². The molecule has 1 aliphatic rings. The predicted octanol–water partition coefficient (Wildman–Crippen LogP) is 0.808. The molecule has 0 radical (unpaired) electrons. The quantitative estimate of drug-likeness (QED) is 0.845. The number of benzene rings is 1. The smallest absolute Gasteiger partial charge is 0.247 e. The number of aliphatic hydroxyl groups excluding tert-OH is 1. The van der Waals surface area contributed by atoms with E-state index in [1.165, 1.54) is 6.39 Å². The van der Waals surface area contributed by atoms with Crippen LogP contribution in [0.3, 0.4) is 0 Å². The molecule has 7 heteroatoms. The molecule has 0 aliphatic carbocycles. The molecule has 3 rings (SSSR count). The fourth-order valence-electron chi connectivity index (χ4n) is 2.32. The predicted molar refractivity (Wildman–Crippen MR) is 78.5 cm³/mol. The molecule has 2 aromatic rings. The van der Waals surface area contributed by atoms with Crippen molar-refractivity contribution in [3.63, 3.8) is 0 Å². The van der Waals surface area contributed by atoms with Gasteiger partial charge < -0.3 is 19.0 Å². The first-order valence-corrected chi connectivity index (χ1v) is 7.29. The van der Waals surface area contributed by atoms with Crippen molar-refractivity contribution < 1.29 is 19.0 Å². The first kappa shape index (κ1) is 15.0. The Morgan fingerprint density at radius 2 is 2.00 bits per heavy atom. The Morgan fingerprint density at radius 3 is 2.68 bits per heavy atom. The van der Waals surface area contributed by atoms with Crippen molar-refractivity contribution in [1.29, 1.82) is 0 Å². The van der Waals surface area contributed by atoms with Crippen LogP contribution in [0.15, 0.2) is 35.1 Å². The van der Waals surface area contributed by atoms with Crippen LogP contribution in [0.4, 0.5) is 0 Å². The van der Waals surface area contributed by atoms with E-state index in [0.717, 1.165) is 31.9 Å². The molecular weight excluding hydrogens is 286 g/mol. The van der Waals surface area contributed by atoms with Gasteiger partial charge in [0.1, 0.15) is 18.5 Å². The Kier molecular flexibility index (Phi) is 4.99. The SMILES string of the molecule is O[C@@H](COc1ccc(-c2nnco2)cc1)CN1CCOCC1. The first-order valence-electron chi connectivity index (χ1n) is 7.29. The number of ether oxygens (including phenoxy) is 2. The van der Waals surface area contributed by atoms with Gasteiger partial charge in [0, 0.05) is 25.2 Å². The maximum absolute atomic E-state index is 10.0. The number of aromatic nitrogens is 2. The number of nitrogens with zero attached hydrogens (tertiary/aromatic N) is 3. The van der Waals surface area contributed by atoms with E-state index < -0.39 is 6.10 Å². The molecule has 22 heavy (non-hydrogen) atoms. The van der Waals surface area contributed by atoms with Crippen molar-refractivity contribution in [1.82, 2.24) is 15.1 Å². The minimum absolute atomic E-state index is 0.261. The van der Waals surface area contributed by atoms with Crippen LogP contribution in [-0.2, 0) is 4.74 Å². The third-order valence-corrected chi connectivity index (χ3v) is 3.48. The Hall–Kier alpha value is -1.96. The lowest BCUT2D eigenvalue weighted by Crippen LogP contribution is -2.42. The molecular formula is C15H19N3O4. The topological polar surface area (TPSA) is 80.8 Å². The minimum Gasteiger partial charge on any atom is -0.491 e. The summed E-state index contributed by atoms with van der Waals surface area (Å²) in [7, 11) is 0. The normalized spacial score (nSPS) is 17.3. The highest BCUT2D eigenvalue weighted by Gasteiger charge is 2.15. The van der Waals surface area contributed by atoms with Crippen LogP contribution in [0, 0.1) is 0 Å². The zero-order valence-electron chi connectivity index (χ0n) is 12.2. The summed E-state index contributed by atoms with van der Waals surface area (Å²) >= 11 is 0. The van der Waals surface area contributed by atoms with Gasteiger partial charge in [0.25, 0.3) is 0 Å². The van der Waals surface area contributed by atoms with Gasteiger partial charge in [-0.1, -0.05) is 0 Å². The monoisotopic (exact) mass is 305 g/mol. The average Bonchev–Trinajstić information content (AvgIpc) is 3.09. The number of hydrogen-bond acceptors (Lipinski definition) is 7. The van der Waals surface area contributed by atoms with E-state index in [2.05, 4.69) is 15.1 Å². The Balaban J connectivity index is 1.46. The van der Waals surface area contributed by atoms with Crippen molar-refractivity contribution in [2.24, 2.45) is 0 Å². The molecule has 1 aliphatic heterocycles. The van der Waals surface area contributed by atoms with E-state index >= 15 is 0 Å². The molecule has 1 N–H and O–H groups in total. The number of rotatable bonds is 6. The zero-order valence-corrected chi connectivity index (χ0v) is 12.2. The number of β-amino-alcohol motifs (C(OH)–C–C–N with tert-alkyl or cyclic N) is 1. The zero-order chi connectivity index (χ0) is 15.2. The summed E-state index contributed by atoms with van der Waals surface area (Å²) in [5, 5.41) is 17.5. The Labute approximate surface area is 128 Å². The van der Waals surface area contributed by atoms with Gasteiger partial charge in [0.2, 0.25) is 12.3 Å². The molecule has 1 aromatic heterocycles. The molecule has 0 amide bonds. The molecule has 0 spiro atoms. The van der Waals surface area contributed by atoms with Gasteiger partial charge in [-0.2, -0.15) is 0 Å². The maximum atomic E-state index is 10.0. The molecule has 0 saturated carbocycles.